The third kappa shape index (κ3) is 3.26. The second kappa shape index (κ2) is 5.76. The molecule has 1 atom stereocenters. The summed E-state index contributed by atoms with van der Waals surface area (Å²) in [6.45, 7) is 1.67. The molecule has 19 heavy (non-hydrogen) atoms. The van der Waals surface area contributed by atoms with Gasteiger partial charge in [-0.05, 0) is 24.1 Å². The summed E-state index contributed by atoms with van der Waals surface area (Å²) in [5, 5.41) is 0. The van der Waals surface area contributed by atoms with Gasteiger partial charge in [0.2, 0.25) is 0 Å². The topological polar surface area (TPSA) is 43.1 Å². The second-order valence-electron chi connectivity index (χ2n) is 4.61. The second-order valence-corrected chi connectivity index (χ2v) is 4.61. The molecule has 3 heteroatoms. The molecule has 0 aliphatic carbocycles. The van der Waals surface area contributed by atoms with Crippen molar-refractivity contribution < 1.29 is 9.18 Å². The molecule has 2 N–H and O–H groups in total. The number of carbonyl (C=O) groups is 1. The Kier molecular flexibility index (Phi) is 4.07. The minimum atomic E-state index is -0.363. The lowest BCUT2D eigenvalue weighted by molar-refractivity contribution is 0.0974. The first-order valence-electron chi connectivity index (χ1n) is 6.18. The number of aryl methyl sites for hydroxylation is 1. The van der Waals surface area contributed by atoms with Crippen molar-refractivity contribution in [1.29, 1.82) is 0 Å². The van der Waals surface area contributed by atoms with Crippen LogP contribution in [0.1, 0.15) is 33.9 Å². The van der Waals surface area contributed by atoms with E-state index < -0.39 is 0 Å². The average molecular weight is 257 g/mol. The Bertz CT molecular complexity index is 581. The highest BCUT2D eigenvalue weighted by Crippen LogP contribution is 2.18. The van der Waals surface area contributed by atoms with Gasteiger partial charge in [-0.15, -0.1) is 0 Å². The first-order valence-corrected chi connectivity index (χ1v) is 6.18. The van der Waals surface area contributed by atoms with Crippen LogP contribution in [0.25, 0.3) is 0 Å². The van der Waals surface area contributed by atoms with Crippen LogP contribution in [0.4, 0.5) is 4.39 Å². The molecule has 0 heterocycles. The number of rotatable bonds is 4. The molecule has 0 radical (unpaired) electrons. The van der Waals surface area contributed by atoms with Crippen LogP contribution in [0.3, 0.4) is 0 Å². The fraction of sp³-hybridized carbons (Fsp3) is 0.188. The highest BCUT2D eigenvalue weighted by atomic mass is 19.1. The van der Waals surface area contributed by atoms with Crippen LogP contribution in [-0.4, -0.2) is 5.78 Å². The molecule has 0 saturated heterocycles. The van der Waals surface area contributed by atoms with Gasteiger partial charge >= 0.3 is 0 Å². The lowest BCUT2D eigenvalue weighted by Crippen LogP contribution is -2.15. The smallest absolute Gasteiger partial charge is 0.164 e. The average Bonchev–Trinajstić information content (AvgIpc) is 2.42. The largest absolute Gasteiger partial charge is 0.324 e. The minimum absolute atomic E-state index is 0.143. The van der Waals surface area contributed by atoms with Crippen LogP contribution in [0.5, 0.6) is 0 Å². The van der Waals surface area contributed by atoms with Crippen molar-refractivity contribution in [1.82, 2.24) is 0 Å². The van der Waals surface area contributed by atoms with Gasteiger partial charge in [-0.2, -0.15) is 0 Å². The fourth-order valence-electron chi connectivity index (χ4n) is 1.90. The van der Waals surface area contributed by atoms with E-state index in [1.165, 1.54) is 6.07 Å². The van der Waals surface area contributed by atoms with Gasteiger partial charge in [-0.3, -0.25) is 4.79 Å². The standard InChI is InChI=1S/C16H16FNO/c1-11-7-8-13(9-14(11)17)16(19)10-15(18)12-5-3-2-4-6-12/h2-9,15H,10,18H2,1H3. The molecule has 2 aromatic carbocycles. The molecule has 0 aromatic heterocycles. The van der Waals surface area contributed by atoms with Crippen LogP contribution < -0.4 is 5.73 Å². The Labute approximate surface area is 112 Å². The van der Waals surface area contributed by atoms with Crippen LogP contribution in [-0.2, 0) is 0 Å². The van der Waals surface area contributed by atoms with E-state index >= 15 is 0 Å². The number of halogens is 1. The lowest BCUT2D eigenvalue weighted by atomic mass is 9.98. The van der Waals surface area contributed by atoms with Gasteiger partial charge in [0.15, 0.2) is 5.78 Å². The Morgan fingerprint density at radius 2 is 1.89 bits per heavy atom. The number of hydrogen-bond donors (Lipinski definition) is 1. The van der Waals surface area contributed by atoms with Gasteiger partial charge in [-0.1, -0.05) is 42.5 Å². The third-order valence-electron chi connectivity index (χ3n) is 3.13. The van der Waals surface area contributed by atoms with Crippen LogP contribution in [0.2, 0.25) is 0 Å². The van der Waals surface area contributed by atoms with E-state index in [1.54, 1.807) is 19.1 Å². The van der Waals surface area contributed by atoms with E-state index in [9.17, 15) is 9.18 Å². The van der Waals surface area contributed by atoms with Gasteiger partial charge in [0, 0.05) is 18.0 Å². The van der Waals surface area contributed by atoms with Crippen molar-refractivity contribution in [3.8, 4) is 0 Å². The Balaban J connectivity index is 2.11. The number of ketones is 1. The zero-order chi connectivity index (χ0) is 13.8. The van der Waals surface area contributed by atoms with E-state index in [0.717, 1.165) is 5.56 Å². The van der Waals surface area contributed by atoms with Crippen molar-refractivity contribution >= 4 is 5.78 Å². The Hall–Kier alpha value is -2.00. The molecule has 0 bridgehead atoms. The lowest BCUT2D eigenvalue weighted by Gasteiger charge is -2.11. The van der Waals surface area contributed by atoms with E-state index in [0.29, 0.717) is 11.1 Å². The molecule has 1 unspecified atom stereocenters. The minimum Gasteiger partial charge on any atom is -0.324 e. The van der Waals surface area contributed by atoms with Crippen LogP contribution in [0, 0.1) is 12.7 Å². The molecule has 2 aromatic rings. The zero-order valence-electron chi connectivity index (χ0n) is 10.8. The summed E-state index contributed by atoms with van der Waals surface area (Å²) < 4.78 is 13.4. The molecule has 98 valence electrons. The summed E-state index contributed by atoms with van der Waals surface area (Å²) >= 11 is 0. The van der Waals surface area contributed by atoms with E-state index in [4.69, 9.17) is 5.73 Å². The molecular formula is C16H16FNO. The molecule has 0 aliphatic rings. The van der Waals surface area contributed by atoms with E-state index in [-0.39, 0.29) is 24.1 Å². The van der Waals surface area contributed by atoms with Gasteiger partial charge in [0.25, 0.3) is 0 Å². The molecular weight excluding hydrogens is 241 g/mol. The Morgan fingerprint density at radius 1 is 1.21 bits per heavy atom. The monoisotopic (exact) mass is 257 g/mol. The fourth-order valence-corrected chi connectivity index (χ4v) is 1.90. The predicted octanol–water partition coefficient (Wildman–Crippen LogP) is 3.41. The highest BCUT2D eigenvalue weighted by Gasteiger charge is 2.14. The van der Waals surface area contributed by atoms with Crippen molar-refractivity contribution in [2.45, 2.75) is 19.4 Å². The maximum absolute atomic E-state index is 13.4. The highest BCUT2D eigenvalue weighted by molar-refractivity contribution is 5.96. The normalized spacial score (nSPS) is 12.2. The number of hydrogen-bond acceptors (Lipinski definition) is 2. The molecule has 2 nitrogen and oxygen atoms in total. The first kappa shape index (κ1) is 13.4. The summed E-state index contributed by atoms with van der Waals surface area (Å²) in [5.41, 5.74) is 7.79. The zero-order valence-corrected chi connectivity index (χ0v) is 10.8. The van der Waals surface area contributed by atoms with Crippen molar-refractivity contribution in [2.75, 3.05) is 0 Å². The predicted molar refractivity (Wildman–Crippen MR) is 73.5 cm³/mol. The summed E-state index contributed by atoms with van der Waals surface area (Å²) in [6.07, 6.45) is 0.173. The van der Waals surface area contributed by atoms with Crippen LogP contribution >= 0.6 is 0 Å². The summed E-state index contributed by atoms with van der Waals surface area (Å²) in [5.74, 6) is -0.505. The van der Waals surface area contributed by atoms with Crippen molar-refractivity contribution in [3.63, 3.8) is 0 Å². The molecule has 0 amide bonds. The molecule has 0 fully saturated rings. The third-order valence-corrected chi connectivity index (χ3v) is 3.13. The molecule has 0 saturated carbocycles. The summed E-state index contributed by atoms with van der Waals surface area (Å²) in [6, 6.07) is 13.6. The number of carbonyl (C=O) groups excluding carboxylic acids is 1. The Morgan fingerprint density at radius 3 is 2.53 bits per heavy atom. The quantitative estimate of drug-likeness (QED) is 0.853. The SMILES string of the molecule is Cc1ccc(C(=O)CC(N)c2ccccc2)cc1F. The maximum atomic E-state index is 13.4. The number of Topliss-reactive ketones (excluding diaryl/α,β-unsaturated/α-hetero) is 1. The van der Waals surface area contributed by atoms with Gasteiger partial charge in [-0.25, -0.2) is 4.39 Å². The van der Waals surface area contributed by atoms with Gasteiger partial charge in [0.1, 0.15) is 5.82 Å². The number of benzene rings is 2. The number of nitrogens with two attached hydrogens (primary N) is 1. The van der Waals surface area contributed by atoms with Gasteiger partial charge in [0.05, 0.1) is 0 Å². The van der Waals surface area contributed by atoms with Crippen LogP contribution in [0.15, 0.2) is 48.5 Å². The van der Waals surface area contributed by atoms with Crippen molar-refractivity contribution in [2.24, 2.45) is 5.73 Å². The van der Waals surface area contributed by atoms with E-state index in [1.807, 2.05) is 30.3 Å². The first-order chi connectivity index (χ1) is 9.08. The van der Waals surface area contributed by atoms with Crippen molar-refractivity contribution in [3.05, 3.63) is 71.0 Å². The molecule has 0 aliphatic heterocycles. The molecule has 2 rings (SSSR count). The van der Waals surface area contributed by atoms with E-state index in [2.05, 4.69) is 0 Å². The molecule has 0 spiro atoms. The maximum Gasteiger partial charge on any atom is 0.164 e. The van der Waals surface area contributed by atoms with Gasteiger partial charge < -0.3 is 5.73 Å². The summed E-state index contributed by atoms with van der Waals surface area (Å²) in [7, 11) is 0. The summed E-state index contributed by atoms with van der Waals surface area (Å²) in [4.78, 5) is 12.0.